The summed E-state index contributed by atoms with van der Waals surface area (Å²) in [5, 5.41) is 20.5. The molecule has 2 heteroatoms. The van der Waals surface area contributed by atoms with Crippen LogP contribution in [0.5, 0.6) is 0 Å². The van der Waals surface area contributed by atoms with Gasteiger partial charge < -0.3 is 10.2 Å². The summed E-state index contributed by atoms with van der Waals surface area (Å²) in [6, 6.07) is 0. The van der Waals surface area contributed by atoms with Gasteiger partial charge in [0.15, 0.2) is 0 Å². The van der Waals surface area contributed by atoms with Crippen LogP contribution in [0.2, 0.25) is 0 Å². The second-order valence-electron chi connectivity index (χ2n) is 7.72. The highest BCUT2D eigenvalue weighted by Crippen LogP contribution is 2.58. The molecule has 0 saturated heterocycles. The molecule has 2 N–H and O–H groups in total. The second-order valence-corrected chi connectivity index (χ2v) is 7.72. The van der Waals surface area contributed by atoms with E-state index >= 15 is 0 Å². The number of fused-ring (bicyclic) bond motifs is 1. The van der Waals surface area contributed by atoms with Gasteiger partial charge in [-0.25, -0.2) is 0 Å². The molecule has 2 rings (SSSR count). The fraction of sp³-hybridized carbons (Fsp3) is 0.789. The zero-order valence-electron chi connectivity index (χ0n) is 13.8. The van der Waals surface area contributed by atoms with Crippen LogP contribution < -0.4 is 0 Å². The van der Waals surface area contributed by atoms with Gasteiger partial charge in [0, 0.05) is 12.0 Å². The Morgan fingerprint density at radius 2 is 2.14 bits per heavy atom. The van der Waals surface area contributed by atoms with Gasteiger partial charge in [0.1, 0.15) is 0 Å². The van der Waals surface area contributed by atoms with E-state index in [0.29, 0.717) is 24.2 Å². The van der Waals surface area contributed by atoms with E-state index < -0.39 is 5.60 Å². The molecule has 2 fully saturated rings. The van der Waals surface area contributed by atoms with Crippen LogP contribution in [0.25, 0.3) is 0 Å². The van der Waals surface area contributed by atoms with Gasteiger partial charge in [-0.15, -0.1) is 6.58 Å². The predicted molar refractivity (Wildman–Crippen MR) is 87.9 cm³/mol. The molecule has 5 atom stereocenters. The van der Waals surface area contributed by atoms with Crippen LogP contribution in [-0.4, -0.2) is 22.4 Å². The van der Waals surface area contributed by atoms with Crippen molar-refractivity contribution >= 4 is 0 Å². The monoisotopic (exact) mass is 292 g/mol. The smallest absolute Gasteiger partial charge is 0.0797 e. The highest BCUT2D eigenvalue weighted by Gasteiger charge is 2.51. The van der Waals surface area contributed by atoms with Gasteiger partial charge in [-0.3, -0.25) is 0 Å². The van der Waals surface area contributed by atoms with Gasteiger partial charge in [-0.05, 0) is 56.8 Å². The maximum absolute atomic E-state index is 10.2. The third-order valence-corrected chi connectivity index (χ3v) is 6.36. The first-order valence-electron chi connectivity index (χ1n) is 8.51. The number of hydrogen-bond acceptors (Lipinski definition) is 2. The fourth-order valence-corrected chi connectivity index (χ4v) is 4.97. The Labute approximate surface area is 130 Å². The van der Waals surface area contributed by atoms with Gasteiger partial charge in [0.05, 0.1) is 5.60 Å². The zero-order valence-corrected chi connectivity index (χ0v) is 13.8. The summed E-state index contributed by atoms with van der Waals surface area (Å²) in [4.78, 5) is 0. The van der Waals surface area contributed by atoms with Crippen molar-refractivity contribution in [3.63, 3.8) is 0 Å². The number of hydrogen-bond donors (Lipinski definition) is 2. The predicted octanol–water partition coefficient (Wildman–Crippen LogP) is 4.08. The van der Waals surface area contributed by atoms with Gasteiger partial charge in [0.2, 0.25) is 0 Å². The molecule has 2 aliphatic carbocycles. The third kappa shape index (κ3) is 3.12. The summed E-state index contributed by atoms with van der Waals surface area (Å²) in [6.07, 6.45) is 9.09. The van der Waals surface area contributed by atoms with E-state index in [4.69, 9.17) is 0 Å². The van der Waals surface area contributed by atoms with Crippen LogP contribution in [-0.2, 0) is 0 Å². The molecule has 2 nitrogen and oxygen atoms in total. The van der Waals surface area contributed by atoms with Gasteiger partial charge >= 0.3 is 0 Å². The first-order valence-corrected chi connectivity index (χ1v) is 8.51. The maximum atomic E-state index is 10.2. The van der Waals surface area contributed by atoms with Crippen molar-refractivity contribution in [1.82, 2.24) is 0 Å². The molecular weight excluding hydrogens is 260 g/mol. The average Bonchev–Trinajstić information content (AvgIpc) is 2.46. The van der Waals surface area contributed by atoms with Crippen LogP contribution >= 0.6 is 0 Å². The number of aliphatic hydroxyl groups is 2. The number of allylic oxidation sites excluding steroid dienone is 1. The molecule has 0 bridgehead atoms. The lowest BCUT2D eigenvalue weighted by molar-refractivity contribution is -0.0678. The van der Waals surface area contributed by atoms with Crippen LogP contribution in [0.1, 0.15) is 58.8 Å². The molecule has 0 aromatic rings. The first-order chi connectivity index (χ1) is 9.86. The van der Waals surface area contributed by atoms with Crippen LogP contribution in [0.15, 0.2) is 24.8 Å². The molecule has 2 saturated carbocycles. The van der Waals surface area contributed by atoms with Crippen LogP contribution in [0.3, 0.4) is 0 Å². The summed E-state index contributed by atoms with van der Waals surface area (Å²) in [5.74, 6) is 1.65. The molecule has 0 heterocycles. The lowest BCUT2D eigenvalue weighted by atomic mass is 9.50. The van der Waals surface area contributed by atoms with Crippen molar-refractivity contribution in [1.29, 1.82) is 0 Å². The Hall–Kier alpha value is -0.600. The minimum absolute atomic E-state index is 0.00422. The summed E-state index contributed by atoms with van der Waals surface area (Å²) in [7, 11) is 0. The summed E-state index contributed by atoms with van der Waals surface area (Å²) >= 11 is 0. The van der Waals surface area contributed by atoms with Crippen molar-refractivity contribution in [2.75, 3.05) is 6.61 Å². The highest BCUT2D eigenvalue weighted by molar-refractivity contribution is 5.16. The Morgan fingerprint density at radius 3 is 2.76 bits per heavy atom. The molecule has 120 valence electrons. The molecule has 0 radical (unpaired) electrons. The number of aliphatic hydroxyl groups excluding tert-OH is 1. The molecule has 0 aromatic heterocycles. The van der Waals surface area contributed by atoms with E-state index in [9.17, 15) is 10.2 Å². The first kappa shape index (κ1) is 16.8. The Kier molecular flexibility index (Phi) is 4.99. The van der Waals surface area contributed by atoms with Crippen LogP contribution in [0.4, 0.5) is 0 Å². The maximum Gasteiger partial charge on any atom is 0.0797 e. The van der Waals surface area contributed by atoms with Crippen molar-refractivity contribution in [2.45, 2.75) is 64.4 Å². The molecular formula is C19H32O2. The topological polar surface area (TPSA) is 40.5 Å². The minimum atomic E-state index is -0.815. The zero-order chi connectivity index (χ0) is 15.7. The quantitative estimate of drug-likeness (QED) is 0.749. The minimum Gasteiger partial charge on any atom is -0.396 e. The Morgan fingerprint density at radius 1 is 1.43 bits per heavy atom. The lowest BCUT2D eigenvalue weighted by Gasteiger charge is -2.55. The standard InChI is InChI=1S/C19H32O2/c1-5-18(4,21)12-10-17-15(3)8-9-16-14(2)7-6-11-19(16,17)13-20/h5,14,16-17,20-21H,1,3,6-13H2,2,4H3. The van der Waals surface area contributed by atoms with E-state index in [1.807, 2.05) is 6.92 Å². The molecule has 0 spiro atoms. The van der Waals surface area contributed by atoms with E-state index in [2.05, 4.69) is 20.1 Å². The van der Waals surface area contributed by atoms with E-state index in [0.717, 1.165) is 19.3 Å². The van der Waals surface area contributed by atoms with Crippen LogP contribution in [0, 0.1) is 23.2 Å². The number of rotatable bonds is 5. The summed E-state index contributed by atoms with van der Waals surface area (Å²) < 4.78 is 0. The van der Waals surface area contributed by atoms with Gasteiger partial charge in [-0.2, -0.15) is 0 Å². The molecule has 0 aliphatic heterocycles. The fourth-order valence-electron chi connectivity index (χ4n) is 4.97. The van der Waals surface area contributed by atoms with Gasteiger partial charge in [-0.1, -0.05) is 38.0 Å². The molecule has 2 aliphatic rings. The van der Waals surface area contributed by atoms with Crippen molar-refractivity contribution < 1.29 is 10.2 Å². The Balaban J connectivity index is 2.22. The largest absolute Gasteiger partial charge is 0.396 e. The molecule has 21 heavy (non-hydrogen) atoms. The molecule has 0 aromatic carbocycles. The van der Waals surface area contributed by atoms with Crippen molar-refractivity contribution in [3.05, 3.63) is 24.8 Å². The van der Waals surface area contributed by atoms with Crippen molar-refractivity contribution in [2.24, 2.45) is 23.2 Å². The SMILES string of the molecule is C=CC(C)(O)CCC1C(=C)CCC2C(C)CCCC12CO. The summed E-state index contributed by atoms with van der Waals surface area (Å²) in [5.41, 5.74) is 0.475. The molecule has 5 unspecified atom stereocenters. The average molecular weight is 292 g/mol. The molecule has 0 amide bonds. The van der Waals surface area contributed by atoms with E-state index in [-0.39, 0.29) is 12.0 Å². The lowest BCUT2D eigenvalue weighted by Crippen LogP contribution is -2.50. The Bertz CT molecular complexity index is 398. The van der Waals surface area contributed by atoms with E-state index in [1.165, 1.54) is 24.8 Å². The van der Waals surface area contributed by atoms with E-state index in [1.54, 1.807) is 6.08 Å². The summed E-state index contributed by atoms with van der Waals surface area (Å²) in [6.45, 7) is 12.5. The van der Waals surface area contributed by atoms with Gasteiger partial charge in [0.25, 0.3) is 0 Å². The normalized spacial score (nSPS) is 39.4. The second kappa shape index (κ2) is 6.26. The van der Waals surface area contributed by atoms with Crippen molar-refractivity contribution in [3.8, 4) is 0 Å². The third-order valence-electron chi connectivity index (χ3n) is 6.36. The highest BCUT2D eigenvalue weighted by atomic mass is 16.3.